The summed E-state index contributed by atoms with van der Waals surface area (Å²) in [4.78, 5) is 14.8. The summed E-state index contributed by atoms with van der Waals surface area (Å²) < 4.78 is 38.9. The van der Waals surface area contributed by atoms with E-state index >= 15 is 0 Å². The van der Waals surface area contributed by atoms with Gasteiger partial charge in [0.15, 0.2) is 0 Å². The Morgan fingerprint density at radius 3 is 2.91 bits per heavy atom. The number of pyridine rings is 1. The Kier molecular flexibility index (Phi) is 3.63. The first-order valence-corrected chi connectivity index (χ1v) is 7.37. The molecule has 22 heavy (non-hydrogen) atoms. The average molecular weight is 313 g/mol. The van der Waals surface area contributed by atoms with Crippen LogP contribution in [0.2, 0.25) is 0 Å². The third kappa shape index (κ3) is 2.82. The first-order valence-electron chi connectivity index (χ1n) is 7.37. The maximum absolute atomic E-state index is 13.0. The highest BCUT2D eigenvalue weighted by molar-refractivity contribution is 5.77. The molecule has 0 radical (unpaired) electrons. The predicted molar refractivity (Wildman–Crippen MR) is 73.7 cm³/mol. The lowest BCUT2D eigenvalue weighted by Gasteiger charge is -2.30. The number of piperidine rings is 1. The largest absolute Gasteiger partial charge is 0.433 e. The molecule has 1 aromatic heterocycles. The molecule has 0 aromatic carbocycles. The van der Waals surface area contributed by atoms with Crippen molar-refractivity contribution < 1.29 is 18.0 Å². The fourth-order valence-electron chi connectivity index (χ4n) is 3.59. The summed E-state index contributed by atoms with van der Waals surface area (Å²) in [6.07, 6.45) is -0.853. The van der Waals surface area contributed by atoms with Crippen molar-refractivity contribution in [1.29, 1.82) is 0 Å². The number of carbonyl (C=O) groups is 1. The number of nitrogens with one attached hydrogen (secondary N) is 1. The maximum Gasteiger partial charge on any atom is 0.433 e. The van der Waals surface area contributed by atoms with E-state index in [9.17, 15) is 18.0 Å². The Bertz CT molecular complexity index is 590. The lowest BCUT2D eigenvalue weighted by molar-refractivity contribution is -0.141. The van der Waals surface area contributed by atoms with Crippen LogP contribution in [0.3, 0.4) is 0 Å². The van der Waals surface area contributed by atoms with Crippen molar-refractivity contribution in [2.75, 3.05) is 6.54 Å². The minimum atomic E-state index is -4.44. The summed E-state index contributed by atoms with van der Waals surface area (Å²) >= 11 is 0. The first kappa shape index (κ1) is 15.3. The number of primary amides is 1. The summed E-state index contributed by atoms with van der Waals surface area (Å²) in [5.41, 5.74) is 4.56. The van der Waals surface area contributed by atoms with E-state index < -0.39 is 11.9 Å². The molecule has 2 aliphatic rings. The smallest absolute Gasteiger partial charge is 0.369 e. The molecular weight excluding hydrogens is 295 g/mol. The van der Waals surface area contributed by atoms with E-state index in [1.807, 2.05) is 0 Å². The fraction of sp³-hybridized carbons (Fsp3) is 0.600. The van der Waals surface area contributed by atoms with Crippen molar-refractivity contribution in [3.8, 4) is 0 Å². The first-order chi connectivity index (χ1) is 10.3. The zero-order chi connectivity index (χ0) is 16.0. The lowest BCUT2D eigenvalue weighted by atomic mass is 9.88. The van der Waals surface area contributed by atoms with Crippen LogP contribution >= 0.6 is 0 Å². The summed E-state index contributed by atoms with van der Waals surface area (Å²) in [5.74, 6) is -0.397. The van der Waals surface area contributed by atoms with Gasteiger partial charge in [-0.3, -0.25) is 9.78 Å². The second-order valence-corrected chi connectivity index (χ2v) is 6.29. The molecule has 1 saturated carbocycles. The number of alkyl halides is 3. The number of aromatic nitrogens is 1. The third-order valence-corrected chi connectivity index (χ3v) is 4.84. The van der Waals surface area contributed by atoms with Crippen molar-refractivity contribution >= 4 is 5.91 Å². The van der Waals surface area contributed by atoms with Crippen LogP contribution in [-0.4, -0.2) is 23.0 Å². The van der Waals surface area contributed by atoms with Gasteiger partial charge in [-0.2, -0.15) is 13.2 Å². The number of hydrogen-bond acceptors (Lipinski definition) is 3. The van der Waals surface area contributed by atoms with Crippen LogP contribution in [0.1, 0.15) is 30.5 Å². The van der Waals surface area contributed by atoms with Crippen molar-refractivity contribution in [3.63, 3.8) is 0 Å². The molecule has 3 unspecified atom stereocenters. The Morgan fingerprint density at radius 2 is 2.23 bits per heavy atom. The van der Waals surface area contributed by atoms with Gasteiger partial charge in [0, 0.05) is 17.7 Å². The Labute approximate surface area is 126 Å². The van der Waals surface area contributed by atoms with E-state index in [0.29, 0.717) is 25.8 Å². The van der Waals surface area contributed by atoms with Gasteiger partial charge in [0.1, 0.15) is 5.69 Å². The van der Waals surface area contributed by atoms with Crippen LogP contribution < -0.4 is 11.1 Å². The highest BCUT2D eigenvalue weighted by atomic mass is 19.4. The van der Waals surface area contributed by atoms with Crippen LogP contribution in [0, 0.1) is 11.8 Å². The Morgan fingerprint density at radius 1 is 1.45 bits per heavy atom. The lowest BCUT2D eigenvalue weighted by Crippen LogP contribution is -2.45. The quantitative estimate of drug-likeness (QED) is 0.895. The molecule has 1 saturated heterocycles. The van der Waals surface area contributed by atoms with E-state index in [1.165, 1.54) is 12.1 Å². The summed E-state index contributed by atoms with van der Waals surface area (Å²) in [7, 11) is 0. The highest BCUT2D eigenvalue weighted by Crippen LogP contribution is 2.52. The molecule has 1 amide bonds. The predicted octanol–water partition coefficient (Wildman–Crippen LogP) is 1.89. The number of hydrogen-bond donors (Lipinski definition) is 2. The van der Waals surface area contributed by atoms with E-state index in [4.69, 9.17) is 5.73 Å². The molecule has 1 aliphatic heterocycles. The molecule has 3 rings (SSSR count). The van der Waals surface area contributed by atoms with Crippen molar-refractivity contribution in [3.05, 3.63) is 29.6 Å². The minimum Gasteiger partial charge on any atom is -0.369 e. The van der Waals surface area contributed by atoms with Gasteiger partial charge in [0.25, 0.3) is 0 Å². The topological polar surface area (TPSA) is 68.0 Å². The van der Waals surface area contributed by atoms with Gasteiger partial charge in [-0.15, -0.1) is 0 Å². The molecule has 1 aliphatic carbocycles. The van der Waals surface area contributed by atoms with Gasteiger partial charge in [-0.1, -0.05) is 6.07 Å². The second-order valence-electron chi connectivity index (χ2n) is 6.29. The zero-order valence-corrected chi connectivity index (χ0v) is 12.0. The molecule has 3 N–H and O–H groups in total. The summed E-state index contributed by atoms with van der Waals surface area (Å²) in [5, 5.41) is 3.37. The standard InChI is InChI=1S/C15H18F3N3O/c16-15(17,18)12-9(2-1-4-20-12)6-11-8-14(11)7-10(13(19)22)3-5-21-14/h1-2,4,10-11,21H,3,5-8H2,(H2,19,22). The van der Waals surface area contributed by atoms with E-state index in [-0.39, 0.29) is 28.8 Å². The molecule has 0 bridgehead atoms. The molecule has 7 heteroatoms. The highest BCUT2D eigenvalue weighted by Gasteiger charge is 2.56. The number of rotatable bonds is 3. The molecule has 4 nitrogen and oxygen atoms in total. The number of nitrogens with two attached hydrogens (primary N) is 1. The van der Waals surface area contributed by atoms with Crippen LogP contribution in [-0.2, 0) is 17.4 Å². The van der Waals surface area contributed by atoms with E-state index in [1.54, 1.807) is 0 Å². The second kappa shape index (κ2) is 5.22. The van der Waals surface area contributed by atoms with Gasteiger partial charge in [0.05, 0.1) is 0 Å². The van der Waals surface area contributed by atoms with E-state index in [0.717, 1.165) is 12.6 Å². The molecular formula is C15H18F3N3O. The van der Waals surface area contributed by atoms with Gasteiger partial charge < -0.3 is 11.1 Å². The molecule has 2 heterocycles. The van der Waals surface area contributed by atoms with Gasteiger partial charge in [0.2, 0.25) is 5.91 Å². The average Bonchev–Trinajstić information content (AvgIpc) is 3.09. The van der Waals surface area contributed by atoms with Crippen LogP contribution in [0.25, 0.3) is 0 Å². The van der Waals surface area contributed by atoms with Gasteiger partial charge in [-0.25, -0.2) is 0 Å². The molecule has 3 atom stereocenters. The number of nitrogens with zero attached hydrogens (tertiary/aromatic N) is 1. The van der Waals surface area contributed by atoms with Gasteiger partial charge in [-0.05, 0) is 49.8 Å². The maximum atomic E-state index is 13.0. The zero-order valence-electron chi connectivity index (χ0n) is 12.0. The molecule has 120 valence electrons. The van der Waals surface area contributed by atoms with Gasteiger partial charge >= 0.3 is 6.18 Å². The van der Waals surface area contributed by atoms with Crippen LogP contribution in [0.15, 0.2) is 18.3 Å². The van der Waals surface area contributed by atoms with E-state index in [2.05, 4.69) is 10.3 Å². The number of carbonyl (C=O) groups excluding carboxylic acids is 1. The van der Waals surface area contributed by atoms with Crippen molar-refractivity contribution in [2.45, 2.75) is 37.4 Å². The number of amides is 1. The van der Waals surface area contributed by atoms with Crippen LogP contribution in [0.5, 0.6) is 0 Å². The molecule has 2 fully saturated rings. The summed E-state index contributed by atoms with van der Waals surface area (Å²) in [6, 6.07) is 3.01. The Balaban J connectivity index is 1.73. The minimum absolute atomic E-state index is 0.0972. The Hall–Kier alpha value is -1.63. The molecule has 1 spiro atoms. The monoisotopic (exact) mass is 313 g/mol. The van der Waals surface area contributed by atoms with Crippen LogP contribution in [0.4, 0.5) is 13.2 Å². The fourth-order valence-corrected chi connectivity index (χ4v) is 3.59. The third-order valence-electron chi connectivity index (χ3n) is 4.84. The molecule has 1 aromatic rings. The van der Waals surface area contributed by atoms with Crippen molar-refractivity contribution in [1.82, 2.24) is 10.3 Å². The number of halogens is 3. The normalized spacial score (nSPS) is 31.2. The van der Waals surface area contributed by atoms with Crippen molar-refractivity contribution in [2.24, 2.45) is 17.6 Å². The SMILES string of the molecule is NC(=O)C1CCNC2(C1)CC2Cc1cccnc1C(F)(F)F. The summed E-state index contributed by atoms with van der Waals surface area (Å²) in [6.45, 7) is 0.684.